The fraction of sp³-hybridized carbons (Fsp3) is 0. The van der Waals surface area contributed by atoms with Crippen molar-refractivity contribution in [3.63, 3.8) is 0 Å². The van der Waals surface area contributed by atoms with Gasteiger partial charge in [-0.25, -0.2) is 0 Å². The van der Waals surface area contributed by atoms with E-state index in [1.807, 2.05) is 0 Å². The molecule has 19 heteroatoms. The Bertz CT molecular complexity index is 342. The molecule has 19 heavy (non-hydrogen) atoms. The summed E-state index contributed by atoms with van der Waals surface area (Å²) in [6.45, 7) is 0. The van der Waals surface area contributed by atoms with Crippen molar-refractivity contribution in [2.75, 3.05) is 0 Å². The van der Waals surface area contributed by atoms with Crippen LogP contribution in [-0.4, -0.2) is 59.9 Å². The number of hydrogen-bond donors (Lipinski definition) is 2. The van der Waals surface area contributed by atoms with Gasteiger partial charge in [-0.15, -0.1) is 0 Å². The van der Waals surface area contributed by atoms with E-state index in [0.717, 1.165) is 41.6 Å². The summed E-state index contributed by atoms with van der Waals surface area (Å²) in [5.74, 6) is 0. The Morgan fingerprint density at radius 2 is 0.474 bits per heavy atom. The van der Waals surface area contributed by atoms with Gasteiger partial charge in [0.15, 0.2) is 0 Å². The van der Waals surface area contributed by atoms with E-state index in [2.05, 4.69) is 0 Å². The van der Waals surface area contributed by atoms with Crippen LogP contribution < -0.4 is 0 Å². The molecule has 0 aromatic rings. The quantitative estimate of drug-likeness (QED) is 0.211. The van der Waals surface area contributed by atoms with Crippen molar-refractivity contribution in [3.8, 4) is 0 Å². The standard InChI is InChI=1S/3H2O4S.2H2O.2Ti/c3*1-5(2,3)4;;;;/h3*(H2,1,2,3,4);2*1H2;;/q;;;;;2*+4/p-8. The molecule has 0 amide bonds. The molecule has 112 valence electrons. The molecule has 14 nitrogen and oxygen atoms in total. The fourth-order valence-electron chi connectivity index (χ4n) is 0. The second kappa shape index (κ2) is 17.0. The van der Waals surface area contributed by atoms with Crippen molar-refractivity contribution in [2.24, 2.45) is 0 Å². The molecule has 0 aliphatic rings. The van der Waals surface area contributed by atoms with Crippen LogP contribution >= 0.6 is 0 Å². The van der Waals surface area contributed by atoms with Gasteiger partial charge in [0.2, 0.25) is 0 Å². The SMILES string of the molecule is O=S(=O)([O-])[O-].O=S(=O)([O-])[O-].O=S(=O)([O-])[O-].[OH][Ti+3].[OH][Ti+3]. The minimum atomic E-state index is -5.17. The van der Waals surface area contributed by atoms with Gasteiger partial charge < -0.3 is 27.3 Å². The van der Waals surface area contributed by atoms with E-state index < -0.39 is 31.2 Å². The molecule has 0 fully saturated rings. The molecule has 0 saturated heterocycles. The molecule has 0 aromatic heterocycles. The Kier molecular flexibility index (Phi) is 28.7. The van der Waals surface area contributed by atoms with Crippen molar-refractivity contribution in [1.29, 1.82) is 0 Å². The fourth-order valence-corrected chi connectivity index (χ4v) is 0. The molecule has 0 rings (SSSR count). The Hall–Kier alpha value is 0.959. The van der Waals surface area contributed by atoms with Crippen LogP contribution in [0.2, 0.25) is 0 Å². The van der Waals surface area contributed by atoms with Crippen LogP contribution in [0.4, 0.5) is 0 Å². The first-order valence-corrected chi connectivity index (χ1v) is 7.84. The molecule has 0 heterocycles. The van der Waals surface area contributed by atoms with Gasteiger partial charge in [0.25, 0.3) is 0 Å². The van der Waals surface area contributed by atoms with Gasteiger partial charge in [0.05, 0.1) is 0 Å². The Morgan fingerprint density at radius 1 is 0.474 bits per heavy atom. The third-order valence-electron chi connectivity index (χ3n) is 0. The van der Waals surface area contributed by atoms with Crippen molar-refractivity contribution >= 4 is 31.2 Å². The van der Waals surface area contributed by atoms with Gasteiger partial charge in [-0.05, 0) is 0 Å². The summed E-state index contributed by atoms with van der Waals surface area (Å²) in [4.78, 5) is 0. The van der Waals surface area contributed by atoms with E-state index in [4.69, 9.17) is 59.9 Å². The molecule has 0 bridgehead atoms. The van der Waals surface area contributed by atoms with E-state index in [1.165, 1.54) is 0 Å². The molecular formula is H2O14S3Ti2. The van der Waals surface area contributed by atoms with Crippen molar-refractivity contribution in [3.05, 3.63) is 0 Å². The first kappa shape index (κ1) is 32.1. The summed E-state index contributed by atoms with van der Waals surface area (Å²) < 4.78 is 116. The molecule has 0 spiro atoms. The third kappa shape index (κ3) is 5930. The van der Waals surface area contributed by atoms with Crippen molar-refractivity contribution < 1.29 is 102 Å². The monoisotopic (exact) mass is 418 g/mol. The zero-order valence-corrected chi connectivity index (χ0v) is 13.6. The van der Waals surface area contributed by atoms with Crippen molar-refractivity contribution in [2.45, 2.75) is 0 Å². The number of rotatable bonds is 0. The average Bonchev–Trinajstić information content (AvgIpc) is 2.01. The van der Waals surface area contributed by atoms with Crippen molar-refractivity contribution in [1.82, 2.24) is 0 Å². The Morgan fingerprint density at radius 3 is 0.474 bits per heavy atom. The second-order valence-electron chi connectivity index (χ2n) is 1.22. The van der Waals surface area contributed by atoms with E-state index >= 15 is 0 Å². The van der Waals surface area contributed by atoms with Crippen LogP contribution in [0.25, 0.3) is 0 Å². The van der Waals surface area contributed by atoms with E-state index in [-0.39, 0.29) is 0 Å². The topological polar surface area (TPSA) is 281 Å². The molecule has 0 aromatic carbocycles. The van der Waals surface area contributed by atoms with Gasteiger partial charge in [-0.2, -0.15) is 0 Å². The molecule has 2 N–H and O–H groups in total. The summed E-state index contributed by atoms with van der Waals surface area (Å²) in [6.07, 6.45) is 0. The maximum atomic E-state index is 8.52. The second-order valence-corrected chi connectivity index (χ2v) is 3.67. The molecular weight excluding hydrogens is 416 g/mol. The predicted molar refractivity (Wildman–Crippen MR) is 35.9 cm³/mol. The third-order valence-corrected chi connectivity index (χ3v) is 0. The van der Waals surface area contributed by atoms with Crippen LogP contribution in [0.15, 0.2) is 0 Å². The maximum absolute atomic E-state index is 8.52. The average molecular weight is 418 g/mol. The first-order valence-electron chi connectivity index (χ1n) is 2.45. The number of hydrogen-bond acceptors (Lipinski definition) is 14. The van der Waals surface area contributed by atoms with Gasteiger partial charge in [0, 0.05) is 31.2 Å². The van der Waals surface area contributed by atoms with Crippen LogP contribution in [0.1, 0.15) is 0 Å². The van der Waals surface area contributed by atoms with Gasteiger partial charge in [-0.1, -0.05) is 0 Å². The molecule has 0 aliphatic carbocycles. The van der Waals surface area contributed by atoms with Crippen LogP contribution in [0, 0.1) is 0 Å². The zero-order valence-electron chi connectivity index (χ0n) is 8.02. The molecule has 0 unspecified atom stereocenters. The van der Waals surface area contributed by atoms with Gasteiger partial charge >= 0.3 is 49.0 Å². The summed E-state index contributed by atoms with van der Waals surface area (Å²) in [6, 6.07) is 0. The van der Waals surface area contributed by atoms with E-state index in [9.17, 15) is 0 Å². The zero-order chi connectivity index (χ0) is 17.5. The predicted octanol–water partition coefficient (Wildman–Crippen LogP) is -5.13. The van der Waals surface area contributed by atoms with Gasteiger partial charge in [0.1, 0.15) is 0 Å². The normalized spacial score (nSPS) is 9.89. The molecule has 0 saturated carbocycles. The molecule has 0 radical (unpaired) electrons. The van der Waals surface area contributed by atoms with Crippen LogP contribution in [-0.2, 0) is 72.8 Å². The summed E-state index contributed by atoms with van der Waals surface area (Å²) >= 11 is 2.00. The molecule has 0 atom stereocenters. The van der Waals surface area contributed by atoms with Gasteiger partial charge in [-0.3, -0.25) is 25.3 Å². The minimum absolute atomic E-state index is 1.00. The summed E-state index contributed by atoms with van der Waals surface area (Å²) in [5, 5.41) is 0. The Balaban J connectivity index is -0.0000000455. The van der Waals surface area contributed by atoms with Crippen LogP contribution in [0.5, 0.6) is 0 Å². The summed E-state index contributed by atoms with van der Waals surface area (Å²) in [7, 11) is -15.5. The Labute approximate surface area is 132 Å². The van der Waals surface area contributed by atoms with E-state index in [0.29, 0.717) is 0 Å². The first-order chi connectivity index (χ1) is 8.00. The summed E-state index contributed by atoms with van der Waals surface area (Å²) in [5.41, 5.74) is 0. The van der Waals surface area contributed by atoms with E-state index in [1.54, 1.807) is 0 Å². The van der Waals surface area contributed by atoms with Crippen LogP contribution in [0.3, 0.4) is 0 Å². The molecule has 0 aliphatic heterocycles.